The molecule has 1 saturated heterocycles. The van der Waals surface area contributed by atoms with Gasteiger partial charge in [-0.15, -0.1) is 0 Å². The summed E-state index contributed by atoms with van der Waals surface area (Å²) < 4.78 is 0. The minimum atomic E-state index is 0.0244. The third kappa shape index (κ3) is 3.83. The number of likely N-dealkylation sites (tertiary alicyclic amines) is 1. The molecular weight excluding hydrogens is 214 g/mol. The van der Waals surface area contributed by atoms with Crippen molar-refractivity contribution in [3.63, 3.8) is 0 Å². The average Bonchev–Trinajstić information content (AvgIpc) is 2.33. The molecular formula is C14H25NO2. The first kappa shape index (κ1) is 14.2. The van der Waals surface area contributed by atoms with E-state index >= 15 is 0 Å². The number of Topliss-reactive ketones (excluding diaryl/α,β-unsaturated/α-hetero) is 1. The molecule has 2 unspecified atom stereocenters. The summed E-state index contributed by atoms with van der Waals surface area (Å²) in [6.45, 7) is 7.41. The van der Waals surface area contributed by atoms with Crippen LogP contribution in [0.1, 0.15) is 52.9 Å². The standard InChI is InChI=1S/C14H25NO2/c1-4-6-7-12(5-2)14(17)15-9-8-13(16)11(3)10-15/h11-12H,4-10H2,1-3H3. The summed E-state index contributed by atoms with van der Waals surface area (Å²) in [5.41, 5.74) is 0. The van der Waals surface area contributed by atoms with Crippen molar-refractivity contribution in [1.82, 2.24) is 4.90 Å². The summed E-state index contributed by atoms with van der Waals surface area (Å²) >= 11 is 0. The van der Waals surface area contributed by atoms with Crippen LogP contribution in [0.4, 0.5) is 0 Å². The van der Waals surface area contributed by atoms with Gasteiger partial charge in [-0.3, -0.25) is 9.59 Å². The summed E-state index contributed by atoms with van der Waals surface area (Å²) in [7, 11) is 0. The highest BCUT2D eigenvalue weighted by molar-refractivity contribution is 5.85. The quantitative estimate of drug-likeness (QED) is 0.739. The number of ketones is 1. The van der Waals surface area contributed by atoms with Crippen LogP contribution in [-0.2, 0) is 9.59 Å². The molecule has 2 atom stereocenters. The topological polar surface area (TPSA) is 37.4 Å². The summed E-state index contributed by atoms with van der Waals surface area (Å²) in [6.07, 6.45) is 4.70. The lowest BCUT2D eigenvalue weighted by Crippen LogP contribution is -2.45. The van der Waals surface area contributed by atoms with Gasteiger partial charge in [0.25, 0.3) is 0 Å². The molecule has 0 aliphatic carbocycles. The van der Waals surface area contributed by atoms with Crippen LogP contribution in [0.15, 0.2) is 0 Å². The zero-order chi connectivity index (χ0) is 12.8. The van der Waals surface area contributed by atoms with Gasteiger partial charge in [0, 0.05) is 31.3 Å². The molecule has 3 nitrogen and oxygen atoms in total. The first-order chi connectivity index (χ1) is 8.10. The van der Waals surface area contributed by atoms with Crippen molar-refractivity contribution in [3.8, 4) is 0 Å². The fourth-order valence-corrected chi connectivity index (χ4v) is 2.43. The van der Waals surface area contributed by atoms with Crippen LogP contribution in [0, 0.1) is 11.8 Å². The van der Waals surface area contributed by atoms with Crippen LogP contribution in [0.5, 0.6) is 0 Å². The number of piperidine rings is 1. The van der Waals surface area contributed by atoms with Crippen LogP contribution >= 0.6 is 0 Å². The maximum Gasteiger partial charge on any atom is 0.225 e. The Labute approximate surface area is 105 Å². The number of carbonyl (C=O) groups excluding carboxylic acids is 2. The van der Waals surface area contributed by atoms with Crippen molar-refractivity contribution in [2.45, 2.75) is 52.9 Å². The Morgan fingerprint density at radius 3 is 2.71 bits per heavy atom. The lowest BCUT2D eigenvalue weighted by atomic mass is 9.94. The number of nitrogens with zero attached hydrogens (tertiary/aromatic N) is 1. The summed E-state index contributed by atoms with van der Waals surface area (Å²) in [5.74, 6) is 0.752. The van der Waals surface area contributed by atoms with E-state index in [0.717, 1.165) is 25.7 Å². The lowest BCUT2D eigenvalue weighted by molar-refractivity contribution is -0.140. The lowest BCUT2D eigenvalue weighted by Gasteiger charge is -2.32. The summed E-state index contributed by atoms with van der Waals surface area (Å²) in [6, 6.07) is 0. The van der Waals surface area contributed by atoms with Crippen LogP contribution in [0.3, 0.4) is 0 Å². The molecule has 1 aliphatic heterocycles. The van der Waals surface area contributed by atoms with Gasteiger partial charge in [-0.05, 0) is 12.8 Å². The molecule has 0 saturated carbocycles. The normalized spacial score (nSPS) is 22.6. The summed E-state index contributed by atoms with van der Waals surface area (Å²) in [5, 5.41) is 0. The Morgan fingerprint density at radius 1 is 1.47 bits per heavy atom. The maximum atomic E-state index is 12.3. The fraction of sp³-hybridized carbons (Fsp3) is 0.857. The van der Waals surface area contributed by atoms with Gasteiger partial charge in [0.1, 0.15) is 5.78 Å². The highest BCUT2D eigenvalue weighted by atomic mass is 16.2. The van der Waals surface area contributed by atoms with Crippen molar-refractivity contribution < 1.29 is 9.59 Å². The molecule has 1 heterocycles. The van der Waals surface area contributed by atoms with Crippen LogP contribution in [0.2, 0.25) is 0 Å². The molecule has 0 bridgehead atoms. The molecule has 1 rings (SSSR count). The molecule has 0 aromatic rings. The number of unbranched alkanes of at least 4 members (excludes halogenated alkanes) is 1. The smallest absolute Gasteiger partial charge is 0.225 e. The number of hydrogen-bond donors (Lipinski definition) is 0. The second-order valence-corrected chi connectivity index (χ2v) is 5.15. The van der Waals surface area contributed by atoms with Gasteiger partial charge in [-0.25, -0.2) is 0 Å². The first-order valence-corrected chi connectivity index (χ1v) is 6.91. The Balaban J connectivity index is 2.52. The van der Waals surface area contributed by atoms with Crippen molar-refractivity contribution in [1.29, 1.82) is 0 Å². The van der Waals surface area contributed by atoms with Crippen LogP contribution < -0.4 is 0 Å². The molecule has 0 N–H and O–H groups in total. The second kappa shape index (κ2) is 6.77. The number of hydrogen-bond acceptors (Lipinski definition) is 2. The molecule has 1 fully saturated rings. The van der Waals surface area contributed by atoms with E-state index in [-0.39, 0.29) is 17.7 Å². The Kier molecular flexibility index (Phi) is 5.66. The SMILES string of the molecule is CCCCC(CC)C(=O)N1CCC(=O)C(C)C1. The molecule has 17 heavy (non-hydrogen) atoms. The molecule has 1 aliphatic rings. The minimum Gasteiger partial charge on any atom is -0.341 e. The molecule has 0 aromatic heterocycles. The number of rotatable bonds is 5. The van der Waals surface area contributed by atoms with Gasteiger partial charge in [-0.1, -0.05) is 33.6 Å². The molecule has 3 heteroatoms. The van der Waals surface area contributed by atoms with Crippen LogP contribution in [-0.4, -0.2) is 29.7 Å². The van der Waals surface area contributed by atoms with E-state index in [1.807, 2.05) is 11.8 Å². The fourth-order valence-electron chi connectivity index (χ4n) is 2.43. The predicted octanol–water partition coefficient (Wildman–Crippen LogP) is 2.64. The van der Waals surface area contributed by atoms with Gasteiger partial charge in [0.05, 0.1) is 0 Å². The number of carbonyl (C=O) groups is 2. The van der Waals surface area contributed by atoms with Crippen molar-refractivity contribution in [3.05, 3.63) is 0 Å². The monoisotopic (exact) mass is 239 g/mol. The van der Waals surface area contributed by atoms with E-state index in [2.05, 4.69) is 13.8 Å². The van der Waals surface area contributed by atoms with E-state index in [1.165, 1.54) is 0 Å². The minimum absolute atomic E-state index is 0.0244. The highest BCUT2D eigenvalue weighted by Crippen LogP contribution is 2.20. The zero-order valence-electron chi connectivity index (χ0n) is 11.4. The number of amides is 1. The van der Waals surface area contributed by atoms with Crippen molar-refractivity contribution in [2.24, 2.45) is 11.8 Å². The average molecular weight is 239 g/mol. The van der Waals surface area contributed by atoms with Crippen LogP contribution in [0.25, 0.3) is 0 Å². The molecule has 0 spiro atoms. The van der Waals surface area contributed by atoms with E-state index < -0.39 is 0 Å². The van der Waals surface area contributed by atoms with E-state index in [0.29, 0.717) is 25.3 Å². The summed E-state index contributed by atoms with van der Waals surface area (Å²) in [4.78, 5) is 25.6. The maximum absolute atomic E-state index is 12.3. The van der Waals surface area contributed by atoms with Gasteiger partial charge < -0.3 is 4.90 Å². The van der Waals surface area contributed by atoms with Gasteiger partial charge in [0.2, 0.25) is 5.91 Å². The highest BCUT2D eigenvalue weighted by Gasteiger charge is 2.29. The van der Waals surface area contributed by atoms with E-state index in [1.54, 1.807) is 0 Å². The zero-order valence-corrected chi connectivity index (χ0v) is 11.4. The molecule has 98 valence electrons. The third-order valence-electron chi connectivity index (χ3n) is 3.73. The Bertz CT molecular complexity index is 275. The van der Waals surface area contributed by atoms with Crippen molar-refractivity contribution >= 4 is 11.7 Å². The van der Waals surface area contributed by atoms with E-state index in [4.69, 9.17) is 0 Å². The Morgan fingerprint density at radius 2 is 2.18 bits per heavy atom. The predicted molar refractivity (Wildman–Crippen MR) is 68.7 cm³/mol. The third-order valence-corrected chi connectivity index (χ3v) is 3.73. The Hall–Kier alpha value is -0.860. The molecule has 0 aromatic carbocycles. The van der Waals surface area contributed by atoms with E-state index in [9.17, 15) is 9.59 Å². The molecule has 0 radical (unpaired) electrons. The van der Waals surface area contributed by atoms with Gasteiger partial charge in [0.15, 0.2) is 0 Å². The molecule has 1 amide bonds. The van der Waals surface area contributed by atoms with Gasteiger partial charge in [-0.2, -0.15) is 0 Å². The first-order valence-electron chi connectivity index (χ1n) is 6.91. The second-order valence-electron chi connectivity index (χ2n) is 5.15. The van der Waals surface area contributed by atoms with Gasteiger partial charge >= 0.3 is 0 Å². The largest absolute Gasteiger partial charge is 0.341 e. The van der Waals surface area contributed by atoms with Crippen molar-refractivity contribution in [2.75, 3.05) is 13.1 Å².